The molecule has 1 N–H and O–H groups in total. The van der Waals surface area contributed by atoms with Crippen molar-refractivity contribution >= 4 is 35.3 Å². The Labute approximate surface area is 161 Å². The molecule has 3 atom stereocenters. The third kappa shape index (κ3) is 3.48. The van der Waals surface area contributed by atoms with Crippen molar-refractivity contribution in [2.24, 2.45) is 22.2 Å². The predicted octanol–water partition coefficient (Wildman–Crippen LogP) is 3.56. The number of nitrogens with one attached hydrogen (secondary N) is 1. The van der Waals surface area contributed by atoms with Crippen LogP contribution >= 0.6 is 11.6 Å². The van der Waals surface area contributed by atoms with Crippen molar-refractivity contribution in [1.82, 2.24) is 4.90 Å². The number of halogens is 3. The molecule has 2 aliphatic rings. The average molecular weight is 396 g/mol. The number of carbonyl (C=O) groups excluding carboxylic acids is 2. The number of allylic oxidation sites excluding steroid dienone is 1. The summed E-state index contributed by atoms with van der Waals surface area (Å²) in [6.45, 7) is 4.13. The molecule has 2 heterocycles. The summed E-state index contributed by atoms with van der Waals surface area (Å²) in [7, 11) is 1.62. The second-order valence-corrected chi connectivity index (χ2v) is 7.76. The lowest BCUT2D eigenvalue weighted by Gasteiger charge is -2.36. The first-order chi connectivity index (χ1) is 12.6. The average Bonchev–Trinajstić information content (AvgIpc) is 2.92. The van der Waals surface area contributed by atoms with E-state index in [1.54, 1.807) is 13.3 Å². The Morgan fingerprint density at radius 2 is 2.11 bits per heavy atom. The minimum atomic E-state index is -1.16. The van der Waals surface area contributed by atoms with Crippen LogP contribution in [0.15, 0.2) is 33.9 Å². The van der Waals surface area contributed by atoms with Gasteiger partial charge in [-0.05, 0) is 31.1 Å². The molecule has 0 saturated carbocycles. The largest absolute Gasteiger partial charge is 0.345 e. The number of hydrogen-bond acceptors (Lipinski definition) is 3. The number of rotatable bonds is 3. The van der Waals surface area contributed by atoms with Crippen molar-refractivity contribution in [3.8, 4) is 0 Å². The topological polar surface area (TPSA) is 61.8 Å². The number of aliphatic imine (C=N–C) groups is 1. The van der Waals surface area contributed by atoms with E-state index in [9.17, 15) is 18.4 Å². The molecule has 0 bridgehead atoms. The van der Waals surface area contributed by atoms with Crippen molar-refractivity contribution in [1.29, 1.82) is 0 Å². The standard InChI is InChI=1S/C19H20ClF2N3O2/c1-10-7-19(2,9-23-16(10)20)11-8-25(3)18(27)14(11)17(26)24-13-6-4-5-12(21)15(13)22/h4-6,9,11,14H,7-8H2,1-3H3,(H,24,26)/t11-,14-,19?/m1/s1. The summed E-state index contributed by atoms with van der Waals surface area (Å²) in [5.41, 5.74) is 0.0208. The molecular weight excluding hydrogens is 376 g/mol. The number of nitrogens with zero attached hydrogens (tertiary/aromatic N) is 2. The highest BCUT2D eigenvalue weighted by atomic mass is 35.5. The zero-order chi connectivity index (χ0) is 19.9. The first kappa shape index (κ1) is 19.5. The summed E-state index contributed by atoms with van der Waals surface area (Å²) < 4.78 is 27.3. The predicted molar refractivity (Wildman–Crippen MR) is 99.4 cm³/mol. The van der Waals surface area contributed by atoms with E-state index in [0.717, 1.165) is 11.6 Å². The van der Waals surface area contributed by atoms with Crippen molar-refractivity contribution in [2.45, 2.75) is 20.3 Å². The number of amides is 2. The summed E-state index contributed by atoms with van der Waals surface area (Å²) >= 11 is 6.04. The molecule has 1 fully saturated rings. The minimum Gasteiger partial charge on any atom is -0.345 e. The molecule has 0 spiro atoms. The second kappa shape index (κ2) is 7.03. The van der Waals surface area contributed by atoms with Crippen LogP contribution in [0.5, 0.6) is 0 Å². The van der Waals surface area contributed by atoms with Crippen LogP contribution in [0.4, 0.5) is 14.5 Å². The van der Waals surface area contributed by atoms with Gasteiger partial charge in [0, 0.05) is 31.1 Å². The molecule has 2 aliphatic heterocycles. The zero-order valence-electron chi connectivity index (χ0n) is 15.2. The zero-order valence-corrected chi connectivity index (χ0v) is 16.0. The highest BCUT2D eigenvalue weighted by Crippen LogP contribution is 2.45. The summed E-state index contributed by atoms with van der Waals surface area (Å²) in [5, 5.41) is 2.78. The highest BCUT2D eigenvalue weighted by molar-refractivity contribution is 6.30. The fourth-order valence-corrected chi connectivity index (χ4v) is 3.94. The maximum atomic E-state index is 13.9. The first-order valence-electron chi connectivity index (χ1n) is 8.54. The third-order valence-electron chi connectivity index (χ3n) is 5.33. The van der Waals surface area contributed by atoms with E-state index < -0.39 is 28.9 Å². The van der Waals surface area contributed by atoms with Gasteiger partial charge < -0.3 is 10.2 Å². The Morgan fingerprint density at radius 3 is 2.78 bits per heavy atom. The van der Waals surface area contributed by atoms with Gasteiger partial charge in [-0.1, -0.05) is 24.6 Å². The Balaban J connectivity index is 1.90. The molecule has 0 aliphatic carbocycles. The van der Waals surface area contributed by atoms with Crippen LogP contribution in [0, 0.1) is 28.9 Å². The van der Waals surface area contributed by atoms with Crippen LogP contribution in [-0.2, 0) is 9.59 Å². The number of hydrogen-bond donors (Lipinski definition) is 1. The molecule has 3 rings (SSSR count). The van der Waals surface area contributed by atoms with Crippen molar-refractivity contribution < 1.29 is 18.4 Å². The molecule has 1 unspecified atom stereocenters. The van der Waals surface area contributed by atoms with Crippen molar-refractivity contribution in [2.75, 3.05) is 18.9 Å². The smallest absolute Gasteiger partial charge is 0.237 e. The van der Waals surface area contributed by atoms with E-state index >= 15 is 0 Å². The lowest BCUT2D eigenvalue weighted by Crippen LogP contribution is -2.41. The molecule has 8 heteroatoms. The van der Waals surface area contributed by atoms with E-state index in [2.05, 4.69) is 10.3 Å². The van der Waals surface area contributed by atoms with Crippen LogP contribution in [-0.4, -0.2) is 36.5 Å². The fraction of sp³-hybridized carbons (Fsp3) is 0.421. The van der Waals surface area contributed by atoms with E-state index in [4.69, 9.17) is 11.6 Å². The van der Waals surface area contributed by atoms with Gasteiger partial charge in [-0.25, -0.2) is 13.8 Å². The van der Waals surface area contributed by atoms with Crippen LogP contribution in [0.1, 0.15) is 20.3 Å². The Morgan fingerprint density at radius 1 is 1.41 bits per heavy atom. The van der Waals surface area contributed by atoms with E-state index in [-0.39, 0.29) is 17.5 Å². The SMILES string of the molecule is CC1=C(Cl)N=CC(C)([C@@H]2CN(C)C(=O)[C@H]2C(=O)Nc2cccc(F)c2F)C1. The summed E-state index contributed by atoms with van der Waals surface area (Å²) in [5.74, 6) is -4.65. The fourth-order valence-electron chi connectivity index (χ4n) is 3.83. The van der Waals surface area contributed by atoms with E-state index in [1.165, 1.54) is 17.0 Å². The maximum absolute atomic E-state index is 13.9. The van der Waals surface area contributed by atoms with Gasteiger partial charge >= 0.3 is 0 Å². The maximum Gasteiger partial charge on any atom is 0.237 e. The van der Waals surface area contributed by atoms with Gasteiger partial charge in [0.15, 0.2) is 11.6 Å². The first-order valence-corrected chi connectivity index (χ1v) is 8.92. The minimum absolute atomic E-state index is 0.289. The summed E-state index contributed by atoms with van der Waals surface area (Å²) in [6.07, 6.45) is 2.24. The molecule has 144 valence electrons. The molecule has 0 aromatic heterocycles. The van der Waals surface area contributed by atoms with Gasteiger partial charge in [0.25, 0.3) is 0 Å². The third-order valence-corrected chi connectivity index (χ3v) is 5.75. The quantitative estimate of drug-likeness (QED) is 0.628. The summed E-state index contributed by atoms with van der Waals surface area (Å²) in [4.78, 5) is 31.2. The monoisotopic (exact) mass is 395 g/mol. The molecule has 1 saturated heterocycles. The number of carbonyl (C=O) groups is 2. The van der Waals surface area contributed by atoms with Crippen LogP contribution in [0.2, 0.25) is 0 Å². The number of likely N-dealkylation sites (tertiary alicyclic amines) is 1. The van der Waals surface area contributed by atoms with Crippen LogP contribution in [0.25, 0.3) is 0 Å². The van der Waals surface area contributed by atoms with E-state index in [0.29, 0.717) is 18.1 Å². The Hall–Kier alpha value is -2.28. The van der Waals surface area contributed by atoms with Crippen LogP contribution in [0.3, 0.4) is 0 Å². The van der Waals surface area contributed by atoms with Gasteiger partial charge in [0.05, 0.1) is 5.69 Å². The number of anilines is 1. The Kier molecular flexibility index (Phi) is 5.08. The lowest BCUT2D eigenvalue weighted by atomic mass is 9.68. The molecule has 1 aromatic rings. The molecule has 0 radical (unpaired) electrons. The van der Waals surface area contributed by atoms with Gasteiger partial charge in [-0.2, -0.15) is 0 Å². The van der Waals surface area contributed by atoms with Crippen molar-refractivity contribution in [3.05, 3.63) is 40.6 Å². The molecule has 5 nitrogen and oxygen atoms in total. The normalized spacial score (nSPS) is 28.1. The molecular formula is C19H20ClF2N3O2. The van der Waals surface area contributed by atoms with Crippen molar-refractivity contribution in [3.63, 3.8) is 0 Å². The highest BCUT2D eigenvalue weighted by Gasteiger charge is 2.52. The number of benzene rings is 1. The molecule has 2 amide bonds. The summed E-state index contributed by atoms with van der Waals surface area (Å²) in [6, 6.07) is 3.50. The molecule has 1 aromatic carbocycles. The molecule has 27 heavy (non-hydrogen) atoms. The van der Waals surface area contributed by atoms with Crippen LogP contribution < -0.4 is 5.32 Å². The van der Waals surface area contributed by atoms with Gasteiger partial charge in [0.2, 0.25) is 11.8 Å². The second-order valence-electron chi connectivity index (χ2n) is 7.41. The lowest BCUT2D eigenvalue weighted by molar-refractivity contribution is -0.136. The van der Waals surface area contributed by atoms with Gasteiger partial charge in [0.1, 0.15) is 11.1 Å². The Bertz CT molecular complexity index is 871. The van der Waals surface area contributed by atoms with Gasteiger partial charge in [-0.15, -0.1) is 0 Å². The van der Waals surface area contributed by atoms with E-state index in [1.807, 2.05) is 13.8 Å². The van der Waals surface area contributed by atoms with Gasteiger partial charge in [-0.3, -0.25) is 9.59 Å².